The van der Waals surface area contributed by atoms with Crippen LogP contribution in [0.25, 0.3) is 11.8 Å². The van der Waals surface area contributed by atoms with Crippen molar-refractivity contribution in [2.45, 2.75) is 13.8 Å². The zero-order chi connectivity index (χ0) is 26.8. The van der Waals surface area contributed by atoms with Gasteiger partial charge in [-0.25, -0.2) is 4.99 Å². The molecule has 0 unspecified atom stereocenters. The molecule has 0 saturated carbocycles. The quantitative estimate of drug-likeness (QED) is 0.266. The summed E-state index contributed by atoms with van der Waals surface area (Å²) in [5, 5.41) is 0.649. The van der Waals surface area contributed by atoms with Crippen LogP contribution in [-0.2, 0) is 9.53 Å². The third-order valence-electron chi connectivity index (χ3n) is 7.04. The summed E-state index contributed by atoms with van der Waals surface area (Å²) in [5.41, 5.74) is 7.17. The van der Waals surface area contributed by atoms with Crippen LogP contribution in [0.1, 0.15) is 17.0 Å². The third-order valence-corrected chi connectivity index (χ3v) is 8.01. The van der Waals surface area contributed by atoms with Crippen molar-refractivity contribution < 1.29 is 9.53 Å². The molecule has 6 nitrogen and oxygen atoms in total. The van der Waals surface area contributed by atoms with Gasteiger partial charge in [-0.2, -0.15) is 0 Å². The van der Waals surface area contributed by atoms with Crippen LogP contribution >= 0.6 is 11.8 Å². The predicted octanol–water partition coefficient (Wildman–Crippen LogP) is 6.74. The van der Waals surface area contributed by atoms with Crippen molar-refractivity contribution in [3.05, 3.63) is 113 Å². The van der Waals surface area contributed by atoms with Crippen LogP contribution in [0.3, 0.4) is 0 Å². The summed E-state index contributed by atoms with van der Waals surface area (Å²) < 4.78 is 7.73. The molecule has 3 aromatic carbocycles. The lowest BCUT2D eigenvalue weighted by molar-refractivity contribution is -0.113. The minimum absolute atomic E-state index is 0.0689. The van der Waals surface area contributed by atoms with Crippen molar-refractivity contribution in [1.29, 1.82) is 0 Å². The molecule has 2 aliphatic heterocycles. The molecule has 2 aliphatic rings. The molecule has 6 rings (SSSR count). The number of nitrogens with zero attached hydrogens (tertiary/aromatic N) is 4. The molecule has 4 aromatic rings. The van der Waals surface area contributed by atoms with Crippen LogP contribution in [0.2, 0.25) is 0 Å². The normalized spacial score (nSPS) is 17.9. The Kier molecular flexibility index (Phi) is 7.09. The fourth-order valence-corrected chi connectivity index (χ4v) is 6.06. The largest absolute Gasteiger partial charge is 0.378 e. The van der Waals surface area contributed by atoms with Gasteiger partial charge in [0.15, 0.2) is 5.17 Å². The minimum atomic E-state index is -0.0689. The molecule has 1 aromatic heterocycles. The van der Waals surface area contributed by atoms with E-state index in [2.05, 4.69) is 53.6 Å². The first kappa shape index (κ1) is 25.2. The van der Waals surface area contributed by atoms with Gasteiger partial charge in [0, 0.05) is 35.9 Å². The number of hydrogen-bond donors (Lipinski definition) is 0. The molecule has 0 bridgehead atoms. The lowest BCUT2D eigenvalue weighted by Crippen LogP contribution is -2.36. The predicted molar refractivity (Wildman–Crippen MR) is 161 cm³/mol. The number of aryl methyl sites for hydroxylation is 1. The van der Waals surface area contributed by atoms with Crippen LogP contribution < -0.4 is 9.80 Å². The Bertz CT molecular complexity index is 1540. The van der Waals surface area contributed by atoms with E-state index in [1.807, 2.05) is 66.7 Å². The van der Waals surface area contributed by atoms with Crippen molar-refractivity contribution in [2.24, 2.45) is 4.99 Å². The fraction of sp³-hybridized carbons (Fsp3) is 0.188. The third kappa shape index (κ3) is 5.15. The second-order valence-corrected chi connectivity index (χ2v) is 10.6. The summed E-state index contributed by atoms with van der Waals surface area (Å²) >= 11 is 1.41. The monoisotopic (exact) mass is 534 g/mol. The number of amidine groups is 1. The fourth-order valence-electron chi connectivity index (χ4n) is 5.07. The lowest BCUT2D eigenvalue weighted by atomic mass is 10.2. The number of para-hydroxylation sites is 2. The number of hydrogen-bond acceptors (Lipinski definition) is 5. The first-order chi connectivity index (χ1) is 19.1. The molecule has 0 spiro atoms. The second kappa shape index (κ2) is 11.0. The summed E-state index contributed by atoms with van der Waals surface area (Å²) in [6.07, 6.45) is 2.00. The Labute approximate surface area is 233 Å². The summed E-state index contributed by atoms with van der Waals surface area (Å²) in [6.45, 7) is 7.58. The van der Waals surface area contributed by atoms with E-state index in [0.29, 0.717) is 10.1 Å². The smallest absolute Gasteiger partial charge is 0.271 e. The molecular formula is C32H30N4O2S. The SMILES string of the molecule is Cc1cc(/C=C2\SC(=Nc3ccccc3)N(c3ccccc3)C2=O)c(C)n1-c1ccc(N2CCOCC2)cc1. The van der Waals surface area contributed by atoms with Gasteiger partial charge in [0.05, 0.1) is 29.5 Å². The van der Waals surface area contributed by atoms with Crippen LogP contribution in [0.5, 0.6) is 0 Å². The van der Waals surface area contributed by atoms with Crippen LogP contribution in [-0.4, -0.2) is 41.9 Å². The average Bonchev–Trinajstić information content (AvgIpc) is 3.43. The molecule has 2 fully saturated rings. The molecule has 3 heterocycles. The van der Waals surface area contributed by atoms with E-state index in [4.69, 9.17) is 9.73 Å². The molecule has 0 radical (unpaired) electrons. The van der Waals surface area contributed by atoms with Gasteiger partial charge in [0.25, 0.3) is 5.91 Å². The maximum absolute atomic E-state index is 13.7. The first-order valence-electron chi connectivity index (χ1n) is 13.1. The highest BCUT2D eigenvalue weighted by atomic mass is 32.2. The maximum atomic E-state index is 13.7. The number of thioether (sulfide) groups is 1. The van der Waals surface area contributed by atoms with E-state index in [1.54, 1.807) is 4.90 Å². The standard InChI is InChI=1S/C32H30N4O2S/c1-23-21-25(24(2)35(23)29-15-13-27(14-16-29)34-17-19-38-20-18-34)22-30-31(37)36(28-11-7-4-8-12-28)32(39-30)33-26-9-5-3-6-10-26/h3-16,21-22H,17-20H2,1-2H3/b30-22-,33-32?. The van der Waals surface area contributed by atoms with Crippen LogP contribution in [0.4, 0.5) is 17.1 Å². The number of benzene rings is 3. The summed E-state index contributed by atoms with van der Waals surface area (Å²) in [4.78, 5) is 23.2. The second-order valence-electron chi connectivity index (χ2n) is 9.59. The van der Waals surface area contributed by atoms with E-state index in [9.17, 15) is 4.79 Å². The van der Waals surface area contributed by atoms with Gasteiger partial charge < -0.3 is 14.2 Å². The Morgan fingerprint density at radius 2 is 1.46 bits per heavy atom. The minimum Gasteiger partial charge on any atom is -0.378 e. The van der Waals surface area contributed by atoms with E-state index in [0.717, 1.165) is 60.3 Å². The van der Waals surface area contributed by atoms with E-state index < -0.39 is 0 Å². The van der Waals surface area contributed by atoms with Crippen molar-refractivity contribution in [1.82, 2.24) is 4.57 Å². The average molecular weight is 535 g/mol. The van der Waals surface area contributed by atoms with E-state index in [1.165, 1.54) is 17.4 Å². The molecular weight excluding hydrogens is 504 g/mol. The number of anilines is 2. The number of aromatic nitrogens is 1. The summed E-state index contributed by atoms with van der Waals surface area (Å²) in [7, 11) is 0. The van der Waals surface area contributed by atoms with Gasteiger partial charge in [-0.1, -0.05) is 36.4 Å². The van der Waals surface area contributed by atoms with Gasteiger partial charge in [0.1, 0.15) is 0 Å². The Balaban J connectivity index is 1.33. The van der Waals surface area contributed by atoms with Crippen molar-refractivity contribution in [2.75, 3.05) is 36.1 Å². The zero-order valence-electron chi connectivity index (χ0n) is 22.1. The molecule has 39 heavy (non-hydrogen) atoms. The summed E-state index contributed by atoms with van der Waals surface area (Å²) in [6, 6.07) is 30.3. The number of aliphatic imine (C=N–C) groups is 1. The maximum Gasteiger partial charge on any atom is 0.271 e. The number of rotatable bonds is 5. The molecule has 196 valence electrons. The topological polar surface area (TPSA) is 50.1 Å². The number of morpholine rings is 1. The highest BCUT2D eigenvalue weighted by Gasteiger charge is 2.35. The number of carbonyl (C=O) groups is 1. The summed E-state index contributed by atoms with van der Waals surface area (Å²) in [5.74, 6) is -0.0689. The van der Waals surface area contributed by atoms with Gasteiger partial charge in [-0.3, -0.25) is 9.69 Å². The van der Waals surface area contributed by atoms with Crippen molar-refractivity contribution in [3.63, 3.8) is 0 Å². The number of carbonyl (C=O) groups excluding carboxylic acids is 1. The highest BCUT2D eigenvalue weighted by Crippen LogP contribution is 2.38. The van der Waals surface area contributed by atoms with Crippen molar-refractivity contribution >= 4 is 46.0 Å². The van der Waals surface area contributed by atoms with Gasteiger partial charge >= 0.3 is 0 Å². The molecule has 7 heteroatoms. The molecule has 0 aliphatic carbocycles. The van der Waals surface area contributed by atoms with Gasteiger partial charge in [0.2, 0.25) is 0 Å². The van der Waals surface area contributed by atoms with Crippen LogP contribution in [0, 0.1) is 13.8 Å². The highest BCUT2D eigenvalue weighted by molar-refractivity contribution is 8.19. The Morgan fingerprint density at radius 3 is 2.15 bits per heavy atom. The van der Waals surface area contributed by atoms with E-state index in [-0.39, 0.29) is 5.91 Å². The first-order valence-corrected chi connectivity index (χ1v) is 13.9. The van der Waals surface area contributed by atoms with Crippen LogP contribution in [0.15, 0.2) is 101 Å². The Hall–Kier alpha value is -4.07. The van der Waals surface area contributed by atoms with Gasteiger partial charge in [-0.05, 0) is 91.8 Å². The van der Waals surface area contributed by atoms with E-state index >= 15 is 0 Å². The Morgan fingerprint density at radius 1 is 0.821 bits per heavy atom. The zero-order valence-corrected chi connectivity index (χ0v) is 22.9. The number of amides is 1. The van der Waals surface area contributed by atoms with Gasteiger partial charge in [-0.15, -0.1) is 0 Å². The molecule has 0 atom stereocenters. The number of ether oxygens (including phenoxy) is 1. The molecule has 0 N–H and O–H groups in total. The lowest BCUT2D eigenvalue weighted by Gasteiger charge is -2.29. The molecule has 1 amide bonds. The molecule has 2 saturated heterocycles. The van der Waals surface area contributed by atoms with Crippen molar-refractivity contribution in [3.8, 4) is 5.69 Å².